The third-order valence-electron chi connectivity index (χ3n) is 3.63. The van der Waals surface area contributed by atoms with Crippen LogP contribution in [0.25, 0.3) is 11.1 Å². The molecule has 0 aromatic heterocycles. The molecule has 0 saturated heterocycles. The topological polar surface area (TPSA) is 26.0 Å². The first-order valence-electron chi connectivity index (χ1n) is 6.12. The summed E-state index contributed by atoms with van der Waals surface area (Å²) in [5, 5.41) is 1.84. The van der Waals surface area contributed by atoms with E-state index in [-0.39, 0.29) is 5.92 Å². The number of rotatable bonds is 2. The molecule has 1 nitrogen and oxygen atoms in total. The molecular weight excluding hydrogens is 301 g/mol. The van der Waals surface area contributed by atoms with Crippen molar-refractivity contribution in [2.24, 2.45) is 5.73 Å². The Labute approximate surface area is 127 Å². The van der Waals surface area contributed by atoms with Crippen LogP contribution in [0.2, 0.25) is 15.1 Å². The van der Waals surface area contributed by atoms with Gasteiger partial charge >= 0.3 is 0 Å². The Hall–Kier alpha value is -0.730. The molecule has 0 saturated carbocycles. The zero-order valence-electron chi connectivity index (χ0n) is 10.1. The zero-order chi connectivity index (χ0) is 13.6. The molecule has 0 radical (unpaired) electrons. The Morgan fingerprint density at radius 3 is 2.37 bits per heavy atom. The Kier molecular flexibility index (Phi) is 3.48. The van der Waals surface area contributed by atoms with Crippen molar-refractivity contribution in [3.05, 3.63) is 56.5 Å². The van der Waals surface area contributed by atoms with Gasteiger partial charge in [0.1, 0.15) is 0 Å². The maximum atomic E-state index is 6.38. The molecule has 4 heteroatoms. The SMILES string of the molecule is NCCC1c2cccc(Cl)c2-c2c1ccc(Cl)c2Cl. The minimum atomic E-state index is 0.253. The summed E-state index contributed by atoms with van der Waals surface area (Å²) in [6, 6.07) is 9.80. The molecular formula is C15H12Cl3N. The molecule has 1 aliphatic rings. The van der Waals surface area contributed by atoms with Gasteiger partial charge in [-0.25, -0.2) is 0 Å². The molecule has 19 heavy (non-hydrogen) atoms. The van der Waals surface area contributed by atoms with Crippen LogP contribution < -0.4 is 5.73 Å². The van der Waals surface area contributed by atoms with Gasteiger partial charge in [0.2, 0.25) is 0 Å². The first-order chi connectivity index (χ1) is 9.15. The van der Waals surface area contributed by atoms with Crippen LogP contribution in [0.3, 0.4) is 0 Å². The average molecular weight is 313 g/mol. The van der Waals surface area contributed by atoms with Crippen molar-refractivity contribution >= 4 is 34.8 Å². The van der Waals surface area contributed by atoms with E-state index < -0.39 is 0 Å². The van der Waals surface area contributed by atoms with Gasteiger partial charge in [-0.3, -0.25) is 0 Å². The van der Waals surface area contributed by atoms with Crippen molar-refractivity contribution in [2.75, 3.05) is 6.54 Å². The van der Waals surface area contributed by atoms with E-state index in [9.17, 15) is 0 Å². The molecule has 1 atom stereocenters. The van der Waals surface area contributed by atoms with Crippen LogP contribution in [-0.4, -0.2) is 6.54 Å². The smallest absolute Gasteiger partial charge is 0.0674 e. The predicted molar refractivity (Wildman–Crippen MR) is 82.4 cm³/mol. The Balaban J connectivity index is 2.34. The molecule has 2 aromatic carbocycles. The summed E-state index contributed by atoms with van der Waals surface area (Å²) < 4.78 is 0. The fraction of sp³-hybridized carbons (Fsp3) is 0.200. The molecule has 2 aromatic rings. The van der Waals surface area contributed by atoms with Crippen molar-refractivity contribution in [2.45, 2.75) is 12.3 Å². The van der Waals surface area contributed by atoms with Crippen molar-refractivity contribution < 1.29 is 0 Å². The van der Waals surface area contributed by atoms with Crippen LogP contribution >= 0.6 is 34.8 Å². The lowest BCUT2D eigenvalue weighted by atomic mass is 9.94. The third-order valence-corrected chi connectivity index (χ3v) is 4.75. The van der Waals surface area contributed by atoms with Gasteiger partial charge < -0.3 is 5.73 Å². The van der Waals surface area contributed by atoms with Crippen LogP contribution in [0.5, 0.6) is 0 Å². The first-order valence-corrected chi connectivity index (χ1v) is 7.25. The highest BCUT2D eigenvalue weighted by atomic mass is 35.5. The minimum absolute atomic E-state index is 0.253. The van der Waals surface area contributed by atoms with E-state index in [4.69, 9.17) is 40.5 Å². The molecule has 1 unspecified atom stereocenters. The van der Waals surface area contributed by atoms with Crippen molar-refractivity contribution in [3.63, 3.8) is 0 Å². The van der Waals surface area contributed by atoms with E-state index >= 15 is 0 Å². The summed E-state index contributed by atoms with van der Waals surface area (Å²) in [7, 11) is 0. The van der Waals surface area contributed by atoms with Crippen molar-refractivity contribution in [1.82, 2.24) is 0 Å². The Bertz CT molecular complexity index is 652. The van der Waals surface area contributed by atoms with Gasteiger partial charge in [0, 0.05) is 22.1 Å². The lowest BCUT2D eigenvalue weighted by Gasteiger charge is -2.12. The second-order valence-corrected chi connectivity index (χ2v) is 5.85. The summed E-state index contributed by atoms with van der Waals surface area (Å²) in [4.78, 5) is 0. The van der Waals surface area contributed by atoms with E-state index in [1.807, 2.05) is 24.3 Å². The predicted octanol–water partition coefficient (Wildman–Crippen LogP) is 5.11. The summed E-state index contributed by atoms with van der Waals surface area (Å²) in [6.45, 7) is 0.621. The van der Waals surface area contributed by atoms with Crippen molar-refractivity contribution in [1.29, 1.82) is 0 Å². The lowest BCUT2D eigenvalue weighted by molar-refractivity contribution is 0.741. The quantitative estimate of drug-likeness (QED) is 0.819. The number of hydrogen-bond donors (Lipinski definition) is 1. The summed E-state index contributed by atoms with van der Waals surface area (Å²) in [5.41, 5.74) is 10.1. The fourth-order valence-electron chi connectivity index (χ4n) is 2.85. The average Bonchev–Trinajstić information content (AvgIpc) is 2.71. The van der Waals surface area contributed by atoms with Crippen LogP contribution in [0.4, 0.5) is 0 Å². The summed E-state index contributed by atoms with van der Waals surface area (Å²) in [6.07, 6.45) is 0.873. The van der Waals surface area contributed by atoms with Gasteiger partial charge in [0.05, 0.1) is 10.0 Å². The van der Waals surface area contributed by atoms with Gasteiger partial charge in [0.15, 0.2) is 0 Å². The molecule has 0 fully saturated rings. The monoisotopic (exact) mass is 311 g/mol. The van der Waals surface area contributed by atoms with Gasteiger partial charge in [-0.1, -0.05) is 53.0 Å². The number of halogens is 3. The summed E-state index contributed by atoms with van der Waals surface area (Å²) >= 11 is 18.9. The number of benzene rings is 2. The highest BCUT2D eigenvalue weighted by molar-refractivity contribution is 6.44. The molecule has 1 aliphatic carbocycles. The molecule has 98 valence electrons. The maximum Gasteiger partial charge on any atom is 0.0674 e. The van der Waals surface area contributed by atoms with E-state index in [2.05, 4.69) is 6.07 Å². The molecule has 0 amide bonds. The van der Waals surface area contributed by atoms with Crippen molar-refractivity contribution in [3.8, 4) is 11.1 Å². The van der Waals surface area contributed by atoms with E-state index in [0.717, 1.165) is 17.5 Å². The second-order valence-electron chi connectivity index (χ2n) is 4.66. The highest BCUT2D eigenvalue weighted by Gasteiger charge is 2.32. The van der Waals surface area contributed by atoms with Crippen LogP contribution in [0.1, 0.15) is 23.5 Å². The molecule has 2 N–H and O–H groups in total. The normalized spacial score (nSPS) is 16.3. The Morgan fingerprint density at radius 2 is 1.63 bits per heavy atom. The Morgan fingerprint density at radius 1 is 0.895 bits per heavy atom. The molecule has 0 bridgehead atoms. The van der Waals surface area contributed by atoms with Gasteiger partial charge in [-0.15, -0.1) is 0 Å². The first kappa shape index (κ1) is 13.3. The van der Waals surface area contributed by atoms with Crippen LogP contribution in [0.15, 0.2) is 30.3 Å². The second kappa shape index (κ2) is 4.99. The molecule has 0 heterocycles. The van der Waals surface area contributed by atoms with Gasteiger partial charge in [-0.05, 0) is 36.2 Å². The molecule has 3 rings (SSSR count). The standard InChI is InChI=1S/C15H12Cl3N/c16-11-3-1-2-9-8(6-7-19)10-4-5-12(17)15(18)14(10)13(9)11/h1-5,8H,6-7,19H2. The number of fused-ring (bicyclic) bond motifs is 3. The number of hydrogen-bond acceptors (Lipinski definition) is 1. The summed E-state index contributed by atoms with van der Waals surface area (Å²) in [5.74, 6) is 0.253. The van der Waals surface area contributed by atoms with Gasteiger partial charge in [-0.2, -0.15) is 0 Å². The minimum Gasteiger partial charge on any atom is -0.330 e. The van der Waals surface area contributed by atoms with Crippen LogP contribution in [-0.2, 0) is 0 Å². The van der Waals surface area contributed by atoms with E-state index in [1.54, 1.807) is 0 Å². The molecule has 0 spiro atoms. The lowest BCUT2D eigenvalue weighted by Crippen LogP contribution is -2.06. The third kappa shape index (κ3) is 1.96. The molecule has 0 aliphatic heterocycles. The van der Waals surface area contributed by atoms with E-state index in [0.29, 0.717) is 21.6 Å². The largest absolute Gasteiger partial charge is 0.330 e. The number of nitrogens with two attached hydrogens (primary N) is 1. The van der Waals surface area contributed by atoms with Crippen LogP contribution in [0, 0.1) is 0 Å². The fourth-order valence-corrected chi connectivity index (χ4v) is 3.55. The zero-order valence-corrected chi connectivity index (χ0v) is 12.4. The van der Waals surface area contributed by atoms with Gasteiger partial charge in [0.25, 0.3) is 0 Å². The maximum absolute atomic E-state index is 6.38. The highest BCUT2D eigenvalue weighted by Crippen LogP contribution is 2.53. The van der Waals surface area contributed by atoms with E-state index in [1.165, 1.54) is 11.1 Å².